The molecule has 0 saturated carbocycles. The smallest absolute Gasteiger partial charge is 0.313 e. The highest BCUT2D eigenvalue weighted by Crippen LogP contribution is 2.18. The van der Waals surface area contributed by atoms with Crippen molar-refractivity contribution in [3.63, 3.8) is 0 Å². The second kappa shape index (κ2) is 7.35. The number of aromatic nitrogens is 1. The third-order valence-corrected chi connectivity index (χ3v) is 3.94. The Hall–Kier alpha value is -1.47. The van der Waals surface area contributed by atoms with Crippen molar-refractivity contribution in [2.45, 2.75) is 13.3 Å². The van der Waals surface area contributed by atoms with Crippen molar-refractivity contribution < 1.29 is 14.3 Å². The predicted molar refractivity (Wildman–Crippen MR) is 77.0 cm³/mol. The molecule has 0 N–H and O–H groups in total. The summed E-state index contributed by atoms with van der Waals surface area (Å²) in [5, 5.41) is 2.99. The van der Waals surface area contributed by atoms with Gasteiger partial charge in [0.15, 0.2) is 10.9 Å². The van der Waals surface area contributed by atoms with Gasteiger partial charge in [-0.2, -0.15) is 0 Å². The van der Waals surface area contributed by atoms with Crippen molar-refractivity contribution >= 4 is 28.2 Å². The summed E-state index contributed by atoms with van der Waals surface area (Å²) in [5.41, 5.74) is 0. The quantitative estimate of drug-likeness (QED) is 0.571. The second-order valence-electron chi connectivity index (χ2n) is 4.60. The normalized spacial score (nSPS) is 16.1. The SMILES string of the molecule is CCOC(=O)CC(=O)CN1CCN(c2nccs2)CC1. The van der Waals surface area contributed by atoms with Crippen LogP contribution in [0.2, 0.25) is 0 Å². The molecule has 0 amide bonds. The summed E-state index contributed by atoms with van der Waals surface area (Å²) in [5.74, 6) is -0.509. The molecule has 1 aliphatic heterocycles. The number of piperazine rings is 1. The van der Waals surface area contributed by atoms with E-state index in [-0.39, 0.29) is 12.2 Å². The van der Waals surface area contributed by atoms with Crippen molar-refractivity contribution in [1.29, 1.82) is 0 Å². The zero-order valence-corrected chi connectivity index (χ0v) is 12.4. The Morgan fingerprint density at radius 2 is 2.10 bits per heavy atom. The average Bonchev–Trinajstić information content (AvgIpc) is 2.93. The molecule has 1 fully saturated rings. The number of hydrogen-bond donors (Lipinski definition) is 0. The summed E-state index contributed by atoms with van der Waals surface area (Å²) in [6.07, 6.45) is 1.68. The first-order valence-electron chi connectivity index (χ1n) is 6.73. The number of nitrogens with zero attached hydrogens (tertiary/aromatic N) is 3. The highest BCUT2D eigenvalue weighted by atomic mass is 32.1. The fourth-order valence-corrected chi connectivity index (χ4v) is 2.84. The molecule has 6 nitrogen and oxygen atoms in total. The number of esters is 1. The molecule has 7 heteroatoms. The van der Waals surface area contributed by atoms with Crippen molar-refractivity contribution in [2.24, 2.45) is 0 Å². The lowest BCUT2D eigenvalue weighted by atomic mass is 10.2. The Bertz CT molecular complexity index is 442. The van der Waals surface area contributed by atoms with Crippen LogP contribution in [0, 0.1) is 0 Å². The van der Waals surface area contributed by atoms with Gasteiger partial charge in [0, 0.05) is 37.8 Å². The third kappa shape index (κ3) is 4.28. The van der Waals surface area contributed by atoms with E-state index in [0.29, 0.717) is 13.2 Å². The van der Waals surface area contributed by atoms with Crippen molar-refractivity contribution in [2.75, 3.05) is 44.2 Å². The van der Waals surface area contributed by atoms with E-state index < -0.39 is 5.97 Å². The monoisotopic (exact) mass is 297 g/mol. The summed E-state index contributed by atoms with van der Waals surface area (Å²) in [6.45, 7) is 5.73. The highest BCUT2D eigenvalue weighted by Gasteiger charge is 2.21. The van der Waals surface area contributed by atoms with Gasteiger partial charge in [-0.3, -0.25) is 14.5 Å². The van der Waals surface area contributed by atoms with Gasteiger partial charge < -0.3 is 9.64 Å². The molecule has 0 bridgehead atoms. The largest absolute Gasteiger partial charge is 0.466 e. The lowest BCUT2D eigenvalue weighted by molar-refractivity contribution is -0.145. The average molecular weight is 297 g/mol. The van der Waals surface area contributed by atoms with Crippen molar-refractivity contribution in [1.82, 2.24) is 9.88 Å². The van der Waals surface area contributed by atoms with Gasteiger partial charge in [-0.15, -0.1) is 11.3 Å². The van der Waals surface area contributed by atoms with Crippen LogP contribution in [0.5, 0.6) is 0 Å². The van der Waals surface area contributed by atoms with Gasteiger partial charge in [-0.1, -0.05) is 0 Å². The summed E-state index contributed by atoms with van der Waals surface area (Å²) >= 11 is 1.63. The standard InChI is InChI=1S/C13H19N3O3S/c1-2-19-12(18)9-11(17)10-15-4-6-16(7-5-15)13-14-3-8-20-13/h3,8H,2,4-7,9-10H2,1H3. The highest BCUT2D eigenvalue weighted by molar-refractivity contribution is 7.13. The molecule has 2 heterocycles. The summed E-state index contributed by atoms with van der Waals surface area (Å²) in [6, 6.07) is 0. The number of carbonyl (C=O) groups excluding carboxylic acids is 2. The lowest BCUT2D eigenvalue weighted by Gasteiger charge is -2.34. The minimum absolute atomic E-state index is 0.0776. The molecular formula is C13H19N3O3S. The van der Waals surface area contributed by atoms with E-state index in [0.717, 1.165) is 31.3 Å². The van der Waals surface area contributed by atoms with Crippen LogP contribution in [0.15, 0.2) is 11.6 Å². The Balaban J connectivity index is 1.71. The number of carbonyl (C=O) groups is 2. The van der Waals surface area contributed by atoms with E-state index in [1.54, 1.807) is 24.5 Å². The molecule has 2 rings (SSSR count). The third-order valence-electron chi connectivity index (χ3n) is 3.11. The minimum Gasteiger partial charge on any atom is -0.466 e. The fourth-order valence-electron chi connectivity index (χ4n) is 2.15. The summed E-state index contributed by atoms with van der Waals surface area (Å²) in [4.78, 5) is 31.5. The van der Waals surface area contributed by atoms with Crippen LogP contribution >= 0.6 is 11.3 Å². The Kier molecular flexibility index (Phi) is 5.49. The maximum Gasteiger partial charge on any atom is 0.313 e. The molecule has 1 aliphatic rings. The van der Waals surface area contributed by atoms with Crippen LogP contribution in [0.3, 0.4) is 0 Å². The van der Waals surface area contributed by atoms with E-state index in [1.165, 1.54) is 0 Å². The molecule has 110 valence electrons. The molecule has 1 saturated heterocycles. The molecular weight excluding hydrogens is 278 g/mol. The zero-order valence-electron chi connectivity index (χ0n) is 11.6. The molecule has 0 atom stereocenters. The van der Waals surface area contributed by atoms with Crippen LogP contribution in [-0.4, -0.2) is 61.0 Å². The van der Waals surface area contributed by atoms with Crippen LogP contribution in [0.1, 0.15) is 13.3 Å². The molecule has 0 spiro atoms. The van der Waals surface area contributed by atoms with Gasteiger partial charge in [-0.25, -0.2) is 4.98 Å². The number of ketones is 1. The maximum atomic E-state index is 11.7. The topological polar surface area (TPSA) is 62.7 Å². The maximum absolute atomic E-state index is 11.7. The first-order valence-corrected chi connectivity index (χ1v) is 7.61. The van der Waals surface area contributed by atoms with Crippen molar-refractivity contribution in [3.8, 4) is 0 Å². The molecule has 0 radical (unpaired) electrons. The fraction of sp³-hybridized carbons (Fsp3) is 0.615. The van der Waals surface area contributed by atoms with Gasteiger partial charge in [0.2, 0.25) is 0 Å². The van der Waals surface area contributed by atoms with E-state index >= 15 is 0 Å². The van der Waals surface area contributed by atoms with E-state index in [9.17, 15) is 9.59 Å². The first-order chi connectivity index (χ1) is 9.69. The van der Waals surface area contributed by atoms with Crippen LogP contribution in [0.25, 0.3) is 0 Å². The van der Waals surface area contributed by atoms with Gasteiger partial charge in [0.1, 0.15) is 6.42 Å². The molecule has 1 aromatic rings. The van der Waals surface area contributed by atoms with Crippen LogP contribution in [0.4, 0.5) is 5.13 Å². The number of anilines is 1. The van der Waals surface area contributed by atoms with Gasteiger partial charge >= 0.3 is 5.97 Å². The summed E-state index contributed by atoms with van der Waals surface area (Å²) < 4.78 is 4.77. The van der Waals surface area contributed by atoms with Crippen molar-refractivity contribution in [3.05, 3.63) is 11.6 Å². The minimum atomic E-state index is -0.432. The van der Waals surface area contributed by atoms with E-state index in [2.05, 4.69) is 14.8 Å². The molecule has 0 aliphatic carbocycles. The lowest BCUT2D eigenvalue weighted by Crippen LogP contribution is -2.48. The number of thiazole rings is 1. The summed E-state index contributed by atoms with van der Waals surface area (Å²) in [7, 11) is 0. The molecule has 0 aromatic carbocycles. The predicted octanol–water partition coefficient (Wildman–Crippen LogP) is 0.787. The second-order valence-corrected chi connectivity index (χ2v) is 5.47. The number of rotatable bonds is 6. The van der Waals surface area contributed by atoms with Gasteiger partial charge in [-0.05, 0) is 6.92 Å². The molecule has 20 heavy (non-hydrogen) atoms. The Morgan fingerprint density at radius 1 is 1.35 bits per heavy atom. The molecule has 0 unspecified atom stereocenters. The van der Waals surface area contributed by atoms with Crippen LogP contribution < -0.4 is 4.90 Å². The van der Waals surface area contributed by atoms with Crippen LogP contribution in [-0.2, 0) is 14.3 Å². The Morgan fingerprint density at radius 3 is 2.70 bits per heavy atom. The van der Waals surface area contributed by atoms with Gasteiger partial charge in [0.05, 0.1) is 13.2 Å². The Labute approximate surface area is 122 Å². The number of hydrogen-bond acceptors (Lipinski definition) is 7. The number of ether oxygens (including phenoxy) is 1. The molecule has 1 aromatic heterocycles. The van der Waals surface area contributed by atoms with Gasteiger partial charge in [0.25, 0.3) is 0 Å². The van der Waals surface area contributed by atoms with E-state index in [1.807, 2.05) is 5.38 Å². The number of Topliss-reactive ketones (excluding diaryl/α,β-unsaturated/α-hetero) is 1. The zero-order chi connectivity index (χ0) is 14.4. The first kappa shape index (κ1) is 14.9. The van der Waals surface area contributed by atoms with E-state index in [4.69, 9.17) is 4.74 Å².